The molecule has 0 aliphatic carbocycles. The summed E-state index contributed by atoms with van der Waals surface area (Å²) in [5, 5.41) is 0.348. The topological polar surface area (TPSA) is 92.4 Å². The van der Waals surface area contributed by atoms with E-state index in [1.807, 2.05) is 4.72 Å². The second-order valence-electron chi connectivity index (χ2n) is 2.59. The molecule has 0 amide bonds. The summed E-state index contributed by atoms with van der Waals surface area (Å²) in [6.45, 7) is 0.269. The summed E-state index contributed by atoms with van der Waals surface area (Å²) in [6, 6.07) is 4.41. The van der Waals surface area contributed by atoms with Gasteiger partial charge in [-0.15, -0.1) is 0 Å². The number of nitrogens with two attached hydrogens (primary N) is 1. The van der Waals surface area contributed by atoms with E-state index in [1.165, 1.54) is 12.1 Å². The van der Waals surface area contributed by atoms with Gasteiger partial charge in [-0.1, -0.05) is 17.7 Å². The third-order valence-corrected chi connectivity index (χ3v) is 2.37. The van der Waals surface area contributed by atoms with Gasteiger partial charge in [-0.3, -0.25) is 9.27 Å². The zero-order chi connectivity index (χ0) is 10.8. The van der Waals surface area contributed by atoms with Crippen LogP contribution in [0.15, 0.2) is 18.2 Å². The van der Waals surface area contributed by atoms with Crippen molar-refractivity contribution >= 4 is 27.6 Å². The van der Waals surface area contributed by atoms with Crippen LogP contribution < -0.4 is 10.5 Å². The molecule has 0 bridgehead atoms. The highest BCUT2D eigenvalue weighted by molar-refractivity contribution is 7.87. The highest BCUT2D eigenvalue weighted by Crippen LogP contribution is 2.20. The molecule has 0 fully saturated rings. The Labute approximate surface area is 86.8 Å². The lowest BCUT2D eigenvalue weighted by Crippen LogP contribution is -2.10. The fourth-order valence-electron chi connectivity index (χ4n) is 0.925. The molecule has 14 heavy (non-hydrogen) atoms. The zero-order valence-electron chi connectivity index (χ0n) is 7.07. The number of nitrogens with one attached hydrogen (secondary N) is 1. The molecule has 0 radical (unpaired) electrons. The molecule has 0 unspecified atom stereocenters. The van der Waals surface area contributed by atoms with E-state index in [1.54, 1.807) is 6.07 Å². The highest BCUT2D eigenvalue weighted by Gasteiger charge is 2.05. The van der Waals surface area contributed by atoms with Crippen LogP contribution in [0.25, 0.3) is 0 Å². The Morgan fingerprint density at radius 2 is 2.14 bits per heavy atom. The number of hydrogen-bond acceptors (Lipinski definition) is 3. The maximum absolute atomic E-state index is 10.4. The first-order valence-electron chi connectivity index (χ1n) is 3.66. The largest absolute Gasteiger partial charge is 0.357 e. The van der Waals surface area contributed by atoms with Crippen molar-refractivity contribution in [2.75, 3.05) is 4.72 Å². The predicted molar refractivity (Wildman–Crippen MR) is 54.5 cm³/mol. The Morgan fingerprint density at radius 1 is 1.50 bits per heavy atom. The van der Waals surface area contributed by atoms with E-state index in [-0.39, 0.29) is 12.2 Å². The highest BCUT2D eigenvalue weighted by atomic mass is 35.5. The lowest BCUT2D eigenvalue weighted by molar-refractivity contribution is 0.490. The van der Waals surface area contributed by atoms with Crippen molar-refractivity contribution in [2.24, 2.45) is 5.73 Å². The van der Waals surface area contributed by atoms with Crippen molar-refractivity contribution in [3.8, 4) is 0 Å². The first kappa shape index (κ1) is 11.3. The predicted octanol–water partition coefficient (Wildman–Crippen LogP) is 1.01. The molecule has 0 aromatic heterocycles. The Bertz CT molecular complexity index is 433. The lowest BCUT2D eigenvalue weighted by atomic mass is 10.2. The SMILES string of the molecule is NCc1ccc(NS(=O)(=O)O)cc1Cl. The summed E-state index contributed by atoms with van der Waals surface area (Å²) in [7, 11) is -4.25. The van der Waals surface area contributed by atoms with Crippen LogP contribution in [-0.2, 0) is 16.8 Å². The maximum atomic E-state index is 10.4. The van der Waals surface area contributed by atoms with E-state index in [0.717, 1.165) is 0 Å². The van der Waals surface area contributed by atoms with Crippen molar-refractivity contribution in [3.05, 3.63) is 28.8 Å². The molecule has 0 aliphatic rings. The van der Waals surface area contributed by atoms with Gasteiger partial charge in [0.2, 0.25) is 0 Å². The van der Waals surface area contributed by atoms with Gasteiger partial charge in [-0.25, -0.2) is 0 Å². The minimum Gasteiger partial charge on any atom is -0.326 e. The fourth-order valence-corrected chi connectivity index (χ4v) is 1.61. The molecule has 1 aromatic carbocycles. The average molecular weight is 237 g/mol. The van der Waals surface area contributed by atoms with Crippen LogP contribution in [-0.4, -0.2) is 13.0 Å². The van der Waals surface area contributed by atoms with Gasteiger partial charge in [0, 0.05) is 11.6 Å². The second kappa shape index (κ2) is 4.14. The van der Waals surface area contributed by atoms with Crippen molar-refractivity contribution in [1.82, 2.24) is 0 Å². The normalized spacial score (nSPS) is 11.4. The number of benzene rings is 1. The molecule has 1 aromatic rings. The third kappa shape index (κ3) is 3.15. The van der Waals surface area contributed by atoms with Crippen LogP contribution in [0, 0.1) is 0 Å². The molecule has 0 heterocycles. The number of hydrogen-bond donors (Lipinski definition) is 3. The van der Waals surface area contributed by atoms with Crippen molar-refractivity contribution in [1.29, 1.82) is 0 Å². The smallest absolute Gasteiger partial charge is 0.326 e. The summed E-state index contributed by atoms with van der Waals surface area (Å²) in [5.74, 6) is 0. The van der Waals surface area contributed by atoms with Crippen LogP contribution in [0.4, 0.5) is 5.69 Å². The molecule has 0 atom stereocenters. The first-order chi connectivity index (χ1) is 6.42. The molecule has 1 rings (SSSR count). The van der Waals surface area contributed by atoms with Crippen LogP contribution in [0.1, 0.15) is 5.56 Å². The van der Waals surface area contributed by atoms with Gasteiger partial charge in [-0.2, -0.15) is 8.42 Å². The minimum atomic E-state index is -4.25. The van der Waals surface area contributed by atoms with E-state index in [4.69, 9.17) is 21.9 Å². The summed E-state index contributed by atoms with van der Waals surface area (Å²) in [4.78, 5) is 0. The van der Waals surface area contributed by atoms with Crippen molar-refractivity contribution < 1.29 is 13.0 Å². The van der Waals surface area contributed by atoms with Gasteiger partial charge >= 0.3 is 10.3 Å². The van der Waals surface area contributed by atoms with Crippen LogP contribution in [0.5, 0.6) is 0 Å². The standard InChI is InChI=1S/C7H9ClN2O3S/c8-7-3-6(10-14(11,12)13)2-1-5(7)4-9/h1-3,10H,4,9H2,(H,11,12,13). The Morgan fingerprint density at radius 3 is 2.57 bits per heavy atom. The van der Waals surface area contributed by atoms with E-state index in [9.17, 15) is 8.42 Å². The Kier molecular flexibility index (Phi) is 3.33. The minimum absolute atomic E-state index is 0.190. The molecule has 4 N–H and O–H groups in total. The molecule has 0 aliphatic heterocycles. The molecular formula is C7H9ClN2O3S. The summed E-state index contributed by atoms with van der Waals surface area (Å²) in [6.07, 6.45) is 0. The molecule has 7 heteroatoms. The molecular weight excluding hydrogens is 228 g/mol. The molecule has 0 saturated carbocycles. The van der Waals surface area contributed by atoms with Gasteiger partial charge in [0.25, 0.3) is 0 Å². The summed E-state index contributed by atoms with van der Waals surface area (Å²) < 4.78 is 31.2. The number of rotatable bonds is 3. The summed E-state index contributed by atoms with van der Waals surface area (Å²) >= 11 is 5.76. The van der Waals surface area contributed by atoms with Crippen LogP contribution in [0.2, 0.25) is 5.02 Å². The first-order valence-corrected chi connectivity index (χ1v) is 5.48. The molecule has 5 nitrogen and oxygen atoms in total. The van der Waals surface area contributed by atoms with Crippen molar-refractivity contribution in [3.63, 3.8) is 0 Å². The van der Waals surface area contributed by atoms with Gasteiger partial charge in [0.15, 0.2) is 0 Å². The fraction of sp³-hybridized carbons (Fsp3) is 0.143. The molecule has 0 saturated heterocycles. The average Bonchev–Trinajstić information content (AvgIpc) is 2.01. The van der Waals surface area contributed by atoms with E-state index in [0.29, 0.717) is 10.6 Å². The van der Waals surface area contributed by atoms with E-state index < -0.39 is 10.3 Å². The van der Waals surface area contributed by atoms with E-state index in [2.05, 4.69) is 0 Å². The van der Waals surface area contributed by atoms with Gasteiger partial charge < -0.3 is 5.73 Å². The Balaban J connectivity index is 2.98. The molecule has 78 valence electrons. The summed E-state index contributed by atoms with van der Waals surface area (Å²) in [5.41, 5.74) is 6.25. The monoisotopic (exact) mass is 236 g/mol. The maximum Gasteiger partial charge on any atom is 0.357 e. The molecule has 0 spiro atoms. The number of anilines is 1. The quantitative estimate of drug-likeness (QED) is 0.683. The van der Waals surface area contributed by atoms with Crippen LogP contribution >= 0.6 is 11.6 Å². The van der Waals surface area contributed by atoms with Crippen molar-refractivity contribution in [2.45, 2.75) is 6.54 Å². The Hall–Kier alpha value is -0.820. The third-order valence-electron chi connectivity index (χ3n) is 1.52. The van der Waals surface area contributed by atoms with E-state index >= 15 is 0 Å². The van der Waals surface area contributed by atoms with Gasteiger partial charge in [0.05, 0.1) is 5.69 Å². The van der Waals surface area contributed by atoms with Gasteiger partial charge in [0.1, 0.15) is 0 Å². The zero-order valence-corrected chi connectivity index (χ0v) is 8.64. The lowest BCUT2D eigenvalue weighted by Gasteiger charge is -2.05. The number of halogens is 1. The van der Waals surface area contributed by atoms with Gasteiger partial charge in [-0.05, 0) is 17.7 Å². The second-order valence-corrected chi connectivity index (χ2v) is 4.15. The van der Waals surface area contributed by atoms with Crippen LogP contribution in [0.3, 0.4) is 0 Å².